The number of rotatable bonds is 10. The van der Waals surface area contributed by atoms with Crippen molar-refractivity contribution in [3.8, 4) is 11.5 Å². The molecular formula is C39H42O4Si. The Hall–Kier alpha value is -4.19. The van der Waals surface area contributed by atoms with Crippen molar-refractivity contribution in [2.24, 2.45) is 5.92 Å². The average molecular weight is 603 g/mol. The molecule has 1 N–H and O–H groups in total. The van der Waals surface area contributed by atoms with E-state index >= 15 is 0 Å². The molecule has 0 fully saturated rings. The van der Waals surface area contributed by atoms with Gasteiger partial charge < -0.3 is 14.3 Å². The Bertz CT molecular complexity index is 1580. The van der Waals surface area contributed by atoms with E-state index in [9.17, 15) is 9.90 Å². The second kappa shape index (κ2) is 13.6. The number of benzene rings is 4. The fourth-order valence-corrected chi connectivity index (χ4v) is 10.5. The molecule has 0 saturated carbocycles. The summed E-state index contributed by atoms with van der Waals surface area (Å²) < 4.78 is 13.8. The number of ether oxygens (including phenoxy) is 1. The Morgan fingerprint density at radius 1 is 0.886 bits per heavy atom. The number of aliphatic hydroxyl groups excluding tert-OH is 1. The van der Waals surface area contributed by atoms with Crippen LogP contribution in [0.4, 0.5) is 0 Å². The zero-order valence-electron chi connectivity index (χ0n) is 26.1. The first-order chi connectivity index (χ1) is 21.2. The van der Waals surface area contributed by atoms with Crippen LogP contribution in [-0.4, -0.2) is 25.8 Å². The van der Waals surface area contributed by atoms with Gasteiger partial charge in [0, 0.05) is 18.1 Å². The first-order valence-corrected chi connectivity index (χ1v) is 17.2. The Kier molecular flexibility index (Phi) is 9.67. The lowest BCUT2D eigenvalue weighted by Gasteiger charge is -2.43. The zero-order chi connectivity index (χ0) is 31.2. The van der Waals surface area contributed by atoms with Gasteiger partial charge in [-0.1, -0.05) is 118 Å². The van der Waals surface area contributed by atoms with Crippen molar-refractivity contribution in [1.82, 2.24) is 0 Å². The third kappa shape index (κ3) is 6.80. The highest BCUT2D eigenvalue weighted by atomic mass is 28.4. The quantitative estimate of drug-likeness (QED) is 0.191. The maximum absolute atomic E-state index is 12.5. The molecule has 1 aliphatic carbocycles. The van der Waals surface area contributed by atoms with E-state index in [2.05, 4.69) is 69.3 Å². The summed E-state index contributed by atoms with van der Waals surface area (Å²) in [5, 5.41) is 12.6. The Balaban J connectivity index is 1.59. The second-order valence-electron chi connectivity index (χ2n) is 12.6. The number of aliphatic hydroxyl groups is 1. The van der Waals surface area contributed by atoms with E-state index in [1.807, 2.05) is 79.7 Å². The molecule has 1 atom stereocenters. The highest BCUT2D eigenvalue weighted by Gasteiger charge is 2.52. The minimum absolute atomic E-state index is 0.0359. The molecule has 226 valence electrons. The normalized spacial score (nSPS) is 15.9. The summed E-state index contributed by atoms with van der Waals surface area (Å²) >= 11 is 0. The van der Waals surface area contributed by atoms with Crippen LogP contribution in [0, 0.1) is 5.92 Å². The molecule has 44 heavy (non-hydrogen) atoms. The van der Waals surface area contributed by atoms with E-state index in [0.29, 0.717) is 18.8 Å². The first kappa shape index (κ1) is 31.2. The Morgan fingerprint density at radius 3 is 2.02 bits per heavy atom. The molecule has 0 bridgehead atoms. The summed E-state index contributed by atoms with van der Waals surface area (Å²) in [5.74, 6) is 1.50. The van der Waals surface area contributed by atoms with Crippen LogP contribution in [0.2, 0.25) is 5.04 Å². The van der Waals surface area contributed by atoms with Crippen molar-refractivity contribution in [2.45, 2.75) is 52.2 Å². The largest absolute Gasteiger partial charge is 0.534 e. The smallest absolute Gasteiger partial charge is 0.319 e. The fraction of sp³-hybridized carbons (Fsp3) is 0.256. The van der Waals surface area contributed by atoms with E-state index < -0.39 is 8.32 Å². The van der Waals surface area contributed by atoms with Crippen molar-refractivity contribution in [3.63, 3.8) is 0 Å². The third-order valence-electron chi connectivity index (χ3n) is 8.54. The average Bonchev–Trinajstić information content (AvgIpc) is 3.04. The van der Waals surface area contributed by atoms with Gasteiger partial charge in [-0.05, 0) is 69.6 Å². The van der Waals surface area contributed by atoms with Gasteiger partial charge in [0.2, 0.25) is 0 Å². The molecule has 4 aromatic carbocycles. The minimum atomic E-state index is -2.85. The van der Waals surface area contributed by atoms with E-state index in [1.165, 1.54) is 10.4 Å². The van der Waals surface area contributed by atoms with Crippen molar-refractivity contribution in [3.05, 3.63) is 138 Å². The first-order valence-electron chi connectivity index (χ1n) is 15.3. The molecule has 0 amide bonds. The molecule has 5 heteroatoms. The van der Waals surface area contributed by atoms with Gasteiger partial charge in [-0.25, -0.2) is 0 Å². The topological polar surface area (TPSA) is 55.8 Å². The molecule has 0 aliphatic heterocycles. The van der Waals surface area contributed by atoms with Crippen LogP contribution in [-0.2, 0) is 11.4 Å². The molecular weight excluding hydrogens is 561 g/mol. The summed E-state index contributed by atoms with van der Waals surface area (Å²) in [6, 6.07) is 37.2. The van der Waals surface area contributed by atoms with Crippen molar-refractivity contribution in [2.75, 3.05) is 6.61 Å². The molecule has 0 heterocycles. The maximum Gasteiger partial charge on any atom is 0.319 e. The predicted octanol–water partition coefficient (Wildman–Crippen LogP) is 7.51. The molecule has 1 aliphatic rings. The van der Waals surface area contributed by atoms with E-state index in [4.69, 9.17) is 9.16 Å². The van der Waals surface area contributed by atoms with E-state index in [-0.39, 0.29) is 23.3 Å². The third-order valence-corrected chi connectivity index (χ3v) is 13.5. The van der Waals surface area contributed by atoms with Gasteiger partial charge in [-0.2, -0.15) is 0 Å². The van der Waals surface area contributed by atoms with E-state index in [0.717, 1.165) is 34.4 Å². The number of Topliss-reactive ketones (excluding diaryl/α,β-unsaturated/α-hetero) is 1. The summed E-state index contributed by atoms with van der Waals surface area (Å²) in [6.07, 6.45) is 5.11. The van der Waals surface area contributed by atoms with Crippen molar-refractivity contribution in [1.29, 1.82) is 0 Å². The Morgan fingerprint density at radius 2 is 1.48 bits per heavy atom. The fourth-order valence-electron chi connectivity index (χ4n) is 6.06. The van der Waals surface area contributed by atoms with Gasteiger partial charge >= 0.3 is 8.32 Å². The summed E-state index contributed by atoms with van der Waals surface area (Å²) in [5.41, 5.74) is 3.53. The zero-order valence-corrected chi connectivity index (χ0v) is 27.1. The van der Waals surface area contributed by atoms with Gasteiger partial charge in [0.25, 0.3) is 0 Å². The maximum atomic E-state index is 12.5. The highest BCUT2D eigenvalue weighted by molar-refractivity contribution is 7.00. The van der Waals surface area contributed by atoms with Gasteiger partial charge in [-0.3, -0.25) is 4.79 Å². The lowest BCUT2D eigenvalue weighted by atomic mass is 9.83. The summed E-state index contributed by atoms with van der Waals surface area (Å²) in [6.45, 7) is 8.92. The number of allylic oxidation sites excluding steroid dienone is 2. The van der Waals surface area contributed by atoms with Gasteiger partial charge in [0.15, 0.2) is 5.78 Å². The van der Waals surface area contributed by atoms with Crippen LogP contribution < -0.4 is 19.5 Å². The number of hydrogen-bond donors (Lipinski definition) is 1. The van der Waals surface area contributed by atoms with Crippen LogP contribution >= 0.6 is 0 Å². The minimum Gasteiger partial charge on any atom is -0.534 e. The summed E-state index contributed by atoms with van der Waals surface area (Å²) in [4.78, 5) is 12.5. The van der Waals surface area contributed by atoms with Gasteiger partial charge in [0.05, 0.1) is 6.61 Å². The lowest BCUT2D eigenvalue weighted by Crippen LogP contribution is -2.68. The van der Waals surface area contributed by atoms with Gasteiger partial charge in [-0.15, -0.1) is 0 Å². The Labute approximate surface area is 262 Å². The SMILES string of the molecule is CC1=CC[C@@H](/C(=C/c2ccc(O[Si](c3ccccc3)(c3ccccc3)C(C)(C)C)cc2OCc2ccccc2)CO)CC1=O. The monoisotopic (exact) mass is 602 g/mol. The molecule has 0 spiro atoms. The van der Waals surface area contributed by atoms with E-state index in [1.54, 1.807) is 0 Å². The number of ketones is 1. The van der Waals surface area contributed by atoms with Crippen LogP contribution in [0.1, 0.15) is 51.7 Å². The second-order valence-corrected chi connectivity index (χ2v) is 16.8. The number of carbonyl (C=O) groups is 1. The molecule has 0 aromatic heterocycles. The number of hydrogen-bond acceptors (Lipinski definition) is 4. The standard InChI is InChI=1S/C39H42O4Si/c1-29-20-21-31(25-37(29)41)33(27-40)24-32-22-23-34(26-38(32)42-28-30-14-8-5-9-15-30)43-44(39(2,3)4,35-16-10-6-11-17-35)36-18-12-7-13-19-36/h5-20,22-24,26,31,40H,21,25,27-28H2,1-4H3/b33-24+/t31-/m1/s1. The molecule has 0 unspecified atom stereocenters. The van der Waals surface area contributed by atoms with Gasteiger partial charge in [0.1, 0.15) is 18.1 Å². The number of carbonyl (C=O) groups excluding carboxylic acids is 1. The molecule has 0 radical (unpaired) electrons. The van der Waals surface area contributed by atoms with Crippen LogP contribution in [0.5, 0.6) is 11.5 Å². The van der Waals surface area contributed by atoms with Crippen LogP contribution in [0.15, 0.2) is 126 Å². The highest BCUT2D eigenvalue weighted by Crippen LogP contribution is 2.39. The van der Waals surface area contributed by atoms with Crippen LogP contribution in [0.25, 0.3) is 6.08 Å². The molecule has 0 saturated heterocycles. The molecule has 4 nitrogen and oxygen atoms in total. The summed E-state index contributed by atoms with van der Waals surface area (Å²) in [7, 11) is -2.85. The molecule has 4 aromatic rings. The van der Waals surface area contributed by atoms with Crippen molar-refractivity contribution >= 4 is 30.6 Å². The lowest BCUT2D eigenvalue weighted by molar-refractivity contribution is -0.116. The van der Waals surface area contributed by atoms with Crippen LogP contribution in [0.3, 0.4) is 0 Å². The van der Waals surface area contributed by atoms with Crippen molar-refractivity contribution < 1.29 is 19.1 Å². The predicted molar refractivity (Wildman–Crippen MR) is 182 cm³/mol. The molecule has 5 rings (SSSR count).